The first kappa shape index (κ1) is 31.4. The Morgan fingerprint density at radius 1 is 0.574 bits per heavy atom. The van der Waals surface area contributed by atoms with Crippen LogP contribution in [0.2, 0.25) is 0 Å². The molecule has 11 rings (SSSR count). The van der Waals surface area contributed by atoms with Crippen LogP contribution < -0.4 is 0 Å². The molecular formula is C52H40N2. The van der Waals surface area contributed by atoms with E-state index in [1.54, 1.807) is 5.57 Å². The molecule has 2 unspecified atom stereocenters. The average Bonchev–Trinajstić information content (AvgIpc) is 3.67. The fourth-order valence-corrected chi connectivity index (χ4v) is 10.4. The molecule has 1 aromatic heterocycles. The summed E-state index contributed by atoms with van der Waals surface area (Å²) in [6, 6.07) is 46.7. The molecule has 2 nitrogen and oxygen atoms in total. The van der Waals surface area contributed by atoms with Crippen LogP contribution in [0.1, 0.15) is 54.1 Å². The minimum Gasteiger partial charge on any atom is -0.228 e. The van der Waals surface area contributed by atoms with Gasteiger partial charge in [-0.2, -0.15) is 0 Å². The van der Waals surface area contributed by atoms with Crippen LogP contribution in [0, 0.1) is 11.3 Å². The standard InChI is InChI=1S/C52H40N2/c1-51-30-29-39(32-49(51)52(46-22-12-11-21-45(46)51)43-19-9-7-17-41(43)42-18-8-10-20-44(42)52)48-33-47(37-26-23-36(24-27-37)34-13-3-2-4-14-34)53-50(54-48)40-28-25-35-15-5-6-16-38(35)31-40/h2-5,7-11,13-15,17-21,23-33,49H,6,12,16,22H2,1H3. The molecule has 6 aromatic rings. The van der Waals surface area contributed by atoms with Crippen molar-refractivity contribution in [2.24, 2.45) is 11.3 Å². The summed E-state index contributed by atoms with van der Waals surface area (Å²) in [6.45, 7) is 2.47. The Hall–Kier alpha value is -6.12. The van der Waals surface area contributed by atoms with Crippen LogP contribution in [0.4, 0.5) is 0 Å². The number of rotatable bonds is 4. The van der Waals surface area contributed by atoms with Crippen LogP contribution in [-0.4, -0.2) is 9.97 Å². The number of allylic oxidation sites excluding steroid dienone is 9. The highest BCUT2D eigenvalue weighted by atomic mass is 14.9. The molecule has 0 fully saturated rings. The second kappa shape index (κ2) is 11.9. The van der Waals surface area contributed by atoms with E-state index in [0.717, 1.165) is 59.6 Å². The maximum atomic E-state index is 5.42. The fraction of sp³-hybridized carbons (Fsp3) is 0.154. The van der Waals surface area contributed by atoms with Crippen molar-refractivity contribution in [3.63, 3.8) is 0 Å². The molecule has 1 heterocycles. The molecule has 5 aliphatic rings. The van der Waals surface area contributed by atoms with E-state index in [4.69, 9.17) is 9.97 Å². The highest BCUT2D eigenvalue weighted by molar-refractivity contribution is 5.88. The Kier molecular flexibility index (Phi) is 6.95. The van der Waals surface area contributed by atoms with Gasteiger partial charge in [0.1, 0.15) is 0 Å². The van der Waals surface area contributed by atoms with Gasteiger partial charge >= 0.3 is 0 Å². The van der Waals surface area contributed by atoms with Gasteiger partial charge in [-0.25, -0.2) is 9.97 Å². The first-order valence-corrected chi connectivity index (χ1v) is 19.5. The predicted molar refractivity (Wildman–Crippen MR) is 222 cm³/mol. The van der Waals surface area contributed by atoms with Gasteiger partial charge in [0.15, 0.2) is 5.82 Å². The lowest BCUT2D eigenvalue weighted by atomic mass is 9.59. The van der Waals surface area contributed by atoms with E-state index in [1.807, 2.05) is 0 Å². The minimum atomic E-state index is -0.240. The maximum Gasteiger partial charge on any atom is 0.160 e. The molecule has 0 bridgehead atoms. The van der Waals surface area contributed by atoms with Crippen LogP contribution in [-0.2, 0) is 11.8 Å². The zero-order valence-electron chi connectivity index (χ0n) is 30.5. The van der Waals surface area contributed by atoms with Gasteiger partial charge < -0.3 is 0 Å². The second-order valence-corrected chi connectivity index (χ2v) is 15.7. The smallest absolute Gasteiger partial charge is 0.160 e. The van der Waals surface area contributed by atoms with Crippen molar-refractivity contribution in [1.29, 1.82) is 0 Å². The van der Waals surface area contributed by atoms with E-state index >= 15 is 0 Å². The van der Waals surface area contributed by atoms with Crippen LogP contribution in [0.3, 0.4) is 0 Å². The molecule has 5 aliphatic carbocycles. The van der Waals surface area contributed by atoms with Gasteiger partial charge in [-0.3, -0.25) is 0 Å². The van der Waals surface area contributed by atoms with Crippen molar-refractivity contribution >= 4 is 11.6 Å². The molecule has 0 radical (unpaired) electrons. The molecule has 2 atom stereocenters. The normalized spacial score (nSPS) is 21.0. The van der Waals surface area contributed by atoms with Gasteiger partial charge in [0.25, 0.3) is 0 Å². The number of nitrogens with zero attached hydrogens (tertiary/aromatic N) is 2. The number of benzene rings is 5. The fourth-order valence-electron chi connectivity index (χ4n) is 10.4. The quantitative estimate of drug-likeness (QED) is 0.184. The van der Waals surface area contributed by atoms with E-state index in [2.05, 4.69) is 177 Å². The molecule has 2 heteroatoms. The minimum absolute atomic E-state index is 0.154. The first-order valence-electron chi connectivity index (χ1n) is 19.5. The average molecular weight is 693 g/mol. The van der Waals surface area contributed by atoms with Crippen molar-refractivity contribution in [2.45, 2.75) is 38.0 Å². The van der Waals surface area contributed by atoms with Crippen molar-refractivity contribution < 1.29 is 0 Å². The number of hydrogen-bond acceptors (Lipinski definition) is 2. The van der Waals surface area contributed by atoms with E-state index < -0.39 is 0 Å². The van der Waals surface area contributed by atoms with Crippen molar-refractivity contribution in [3.05, 3.63) is 203 Å². The summed E-state index contributed by atoms with van der Waals surface area (Å²) in [7, 11) is 0. The largest absolute Gasteiger partial charge is 0.228 e. The van der Waals surface area contributed by atoms with E-state index in [9.17, 15) is 0 Å². The Labute approximate surface area is 317 Å². The number of hydrogen-bond donors (Lipinski definition) is 0. The molecule has 5 aromatic carbocycles. The lowest BCUT2D eigenvalue weighted by Crippen LogP contribution is -2.39. The van der Waals surface area contributed by atoms with Gasteiger partial charge in [0.05, 0.1) is 16.8 Å². The van der Waals surface area contributed by atoms with Gasteiger partial charge in [-0.05, 0) is 93.5 Å². The summed E-state index contributed by atoms with van der Waals surface area (Å²) in [4.78, 5) is 10.7. The Bertz CT molecular complexity index is 2620. The zero-order chi connectivity index (χ0) is 35.9. The molecule has 0 amide bonds. The van der Waals surface area contributed by atoms with E-state index in [-0.39, 0.29) is 16.7 Å². The van der Waals surface area contributed by atoms with Crippen molar-refractivity contribution in [2.75, 3.05) is 0 Å². The predicted octanol–water partition coefficient (Wildman–Crippen LogP) is 12.6. The molecule has 54 heavy (non-hydrogen) atoms. The lowest BCUT2D eigenvalue weighted by Gasteiger charge is -2.42. The van der Waals surface area contributed by atoms with Gasteiger partial charge in [-0.15, -0.1) is 0 Å². The molecule has 0 N–H and O–H groups in total. The Morgan fingerprint density at radius 3 is 2.02 bits per heavy atom. The highest BCUT2D eigenvalue weighted by Gasteiger charge is 2.62. The van der Waals surface area contributed by atoms with Gasteiger partial charge in [0.2, 0.25) is 0 Å². The third-order valence-electron chi connectivity index (χ3n) is 12.9. The number of aryl methyl sites for hydroxylation is 1. The monoisotopic (exact) mass is 692 g/mol. The summed E-state index contributed by atoms with van der Waals surface area (Å²) < 4.78 is 0. The summed E-state index contributed by atoms with van der Waals surface area (Å²) in [5.74, 6) is 0.956. The number of fused-ring (bicyclic) bond motifs is 10. The van der Waals surface area contributed by atoms with Gasteiger partial charge in [-0.1, -0.05) is 170 Å². The molecule has 258 valence electrons. The molecular weight excluding hydrogens is 653 g/mol. The van der Waals surface area contributed by atoms with Crippen LogP contribution in [0.15, 0.2) is 175 Å². The summed E-state index contributed by atoms with van der Waals surface area (Å²) in [5, 5.41) is 0. The van der Waals surface area contributed by atoms with Crippen molar-refractivity contribution in [3.8, 4) is 44.9 Å². The van der Waals surface area contributed by atoms with Crippen LogP contribution in [0.25, 0.3) is 56.5 Å². The second-order valence-electron chi connectivity index (χ2n) is 15.7. The van der Waals surface area contributed by atoms with Crippen molar-refractivity contribution in [1.82, 2.24) is 9.97 Å². The zero-order valence-corrected chi connectivity index (χ0v) is 30.5. The molecule has 0 saturated heterocycles. The summed E-state index contributed by atoms with van der Waals surface area (Å²) in [6.07, 6.45) is 21.0. The third kappa shape index (κ3) is 4.53. The molecule has 0 aliphatic heterocycles. The summed E-state index contributed by atoms with van der Waals surface area (Å²) >= 11 is 0. The Balaban J connectivity index is 1.10. The Morgan fingerprint density at radius 2 is 1.22 bits per heavy atom. The summed E-state index contributed by atoms with van der Waals surface area (Å²) in [5.41, 5.74) is 18.6. The maximum absolute atomic E-state index is 5.42. The SMILES string of the molecule is CC12C=CC(c3cc(-c4ccc(-c5ccccc5)cc4)nc(-c4ccc5c(c4)CCC=C5)n3)=CC1C1(C3=C2C=CCC3)c2ccccc2-c2ccccc21. The third-order valence-corrected chi connectivity index (χ3v) is 12.9. The number of aromatic nitrogens is 2. The topological polar surface area (TPSA) is 25.8 Å². The molecule has 1 spiro atoms. The molecule has 0 saturated carbocycles. The van der Waals surface area contributed by atoms with Gasteiger partial charge in [0, 0.05) is 22.5 Å². The van der Waals surface area contributed by atoms with E-state index in [0.29, 0.717) is 0 Å². The van der Waals surface area contributed by atoms with E-state index in [1.165, 1.54) is 50.1 Å². The van der Waals surface area contributed by atoms with Crippen LogP contribution >= 0.6 is 0 Å². The highest BCUT2D eigenvalue weighted by Crippen LogP contribution is 2.70. The van der Waals surface area contributed by atoms with Crippen LogP contribution in [0.5, 0.6) is 0 Å². The lowest BCUT2D eigenvalue weighted by molar-refractivity contribution is 0.324. The first-order chi connectivity index (χ1) is 26.6.